The Bertz CT molecular complexity index is 632. The summed E-state index contributed by atoms with van der Waals surface area (Å²) in [5.41, 5.74) is 2.26. The molecular weight excluding hydrogens is 284 g/mol. The molecule has 1 fully saturated rings. The molecule has 0 radical (unpaired) electrons. The number of carbonyl (C=O) groups excluding carboxylic acids is 1. The molecule has 0 saturated carbocycles. The summed E-state index contributed by atoms with van der Waals surface area (Å²) in [6.07, 6.45) is 2.90. The number of aromatic nitrogens is 1. The second-order valence-corrected chi connectivity index (χ2v) is 6.18. The van der Waals surface area contributed by atoms with Gasteiger partial charge in [0.1, 0.15) is 0 Å². The number of aryl methyl sites for hydroxylation is 2. The van der Waals surface area contributed by atoms with Gasteiger partial charge in [-0.1, -0.05) is 6.92 Å². The molecule has 1 unspecified atom stereocenters. The lowest BCUT2D eigenvalue weighted by molar-refractivity contribution is -0.00442. The van der Waals surface area contributed by atoms with Crippen molar-refractivity contribution in [2.75, 3.05) is 19.8 Å². The quantitative estimate of drug-likeness (QED) is 0.874. The summed E-state index contributed by atoms with van der Waals surface area (Å²) in [4.78, 5) is 15.8. The summed E-state index contributed by atoms with van der Waals surface area (Å²) in [6, 6.07) is 6.12. The van der Waals surface area contributed by atoms with E-state index in [1.165, 1.54) is 0 Å². The Balaban J connectivity index is 1.91. The Hall–Kier alpha value is -1.59. The molecule has 3 rings (SSSR count). The Morgan fingerprint density at radius 2 is 2.33 bits per heavy atom. The minimum absolute atomic E-state index is 0.00180. The van der Waals surface area contributed by atoms with Crippen LogP contribution in [0, 0.1) is 0 Å². The number of nitrogens with zero attached hydrogens (tertiary/aromatic N) is 2. The number of morpholine rings is 1. The zero-order valence-electron chi connectivity index (χ0n) is 12.4. The van der Waals surface area contributed by atoms with Crippen molar-refractivity contribution in [3.05, 3.63) is 45.9 Å². The minimum atomic E-state index is -0.00180. The van der Waals surface area contributed by atoms with Crippen molar-refractivity contribution in [2.45, 2.75) is 19.4 Å². The predicted molar refractivity (Wildman–Crippen MR) is 83.7 cm³/mol. The maximum absolute atomic E-state index is 12.9. The maximum Gasteiger partial charge on any atom is 0.264 e. The van der Waals surface area contributed by atoms with Gasteiger partial charge in [0.05, 0.1) is 24.1 Å². The number of hydrogen-bond acceptors (Lipinski definition) is 3. The van der Waals surface area contributed by atoms with Crippen LogP contribution < -0.4 is 0 Å². The number of carbonyl (C=O) groups is 1. The average Bonchev–Trinajstić information content (AvgIpc) is 3.14. The van der Waals surface area contributed by atoms with Crippen molar-refractivity contribution < 1.29 is 9.53 Å². The van der Waals surface area contributed by atoms with Crippen LogP contribution in [0.2, 0.25) is 0 Å². The van der Waals surface area contributed by atoms with E-state index < -0.39 is 0 Å². The van der Waals surface area contributed by atoms with Gasteiger partial charge in [0, 0.05) is 25.5 Å². The first kappa shape index (κ1) is 14.4. The third-order valence-corrected chi connectivity index (χ3v) is 4.98. The molecule has 0 aliphatic carbocycles. The highest BCUT2D eigenvalue weighted by Crippen LogP contribution is 2.28. The summed E-state index contributed by atoms with van der Waals surface area (Å²) < 4.78 is 7.68. The number of amides is 1. The Labute approximate surface area is 128 Å². The third-order valence-electron chi connectivity index (χ3n) is 4.04. The van der Waals surface area contributed by atoms with Crippen molar-refractivity contribution in [2.24, 2.45) is 7.05 Å². The largest absolute Gasteiger partial charge is 0.377 e. The standard InChI is InChI=1S/C16H20N2O2S/c1-3-12-6-10-21-15(12)16(19)18-8-9-20-11-14(18)13-5-4-7-17(13)2/h4-7,10,14H,3,8-9,11H2,1-2H3. The van der Waals surface area contributed by atoms with Gasteiger partial charge >= 0.3 is 0 Å². The van der Waals surface area contributed by atoms with Gasteiger partial charge in [0.25, 0.3) is 5.91 Å². The van der Waals surface area contributed by atoms with E-state index in [9.17, 15) is 4.79 Å². The molecule has 5 heteroatoms. The van der Waals surface area contributed by atoms with Crippen LogP contribution in [-0.2, 0) is 18.2 Å². The van der Waals surface area contributed by atoms with E-state index in [-0.39, 0.29) is 11.9 Å². The van der Waals surface area contributed by atoms with Gasteiger partial charge in [-0.3, -0.25) is 4.79 Å². The minimum Gasteiger partial charge on any atom is -0.377 e. The van der Waals surface area contributed by atoms with Crippen molar-refractivity contribution >= 4 is 17.2 Å². The number of ether oxygens (including phenoxy) is 1. The van der Waals surface area contributed by atoms with E-state index in [1.54, 1.807) is 11.3 Å². The fourth-order valence-electron chi connectivity index (χ4n) is 2.84. The van der Waals surface area contributed by atoms with E-state index in [4.69, 9.17) is 4.74 Å². The molecule has 0 N–H and O–H groups in total. The molecule has 1 saturated heterocycles. The highest BCUT2D eigenvalue weighted by atomic mass is 32.1. The zero-order chi connectivity index (χ0) is 14.8. The summed E-state index contributed by atoms with van der Waals surface area (Å²) in [5.74, 6) is 0.136. The third kappa shape index (κ3) is 2.63. The lowest BCUT2D eigenvalue weighted by atomic mass is 10.1. The van der Waals surface area contributed by atoms with Gasteiger partial charge < -0.3 is 14.2 Å². The topological polar surface area (TPSA) is 34.5 Å². The second kappa shape index (κ2) is 6.03. The molecule has 3 heterocycles. The zero-order valence-corrected chi connectivity index (χ0v) is 13.2. The highest BCUT2D eigenvalue weighted by molar-refractivity contribution is 7.12. The van der Waals surface area contributed by atoms with E-state index in [1.807, 2.05) is 29.6 Å². The van der Waals surface area contributed by atoms with Gasteiger partial charge in [-0.05, 0) is 35.6 Å². The summed E-state index contributed by atoms with van der Waals surface area (Å²) >= 11 is 1.54. The molecule has 0 aromatic carbocycles. The monoisotopic (exact) mass is 304 g/mol. The van der Waals surface area contributed by atoms with E-state index in [0.29, 0.717) is 19.8 Å². The molecule has 1 amide bonds. The molecule has 4 nitrogen and oxygen atoms in total. The fraction of sp³-hybridized carbons (Fsp3) is 0.438. The van der Waals surface area contributed by atoms with Gasteiger partial charge in [-0.15, -0.1) is 11.3 Å². The van der Waals surface area contributed by atoms with Crippen LogP contribution in [0.4, 0.5) is 0 Å². The molecule has 2 aromatic rings. The van der Waals surface area contributed by atoms with Crippen LogP contribution in [-0.4, -0.2) is 35.1 Å². The molecule has 1 aliphatic heterocycles. The fourth-order valence-corrected chi connectivity index (χ4v) is 3.79. The van der Waals surface area contributed by atoms with Crippen molar-refractivity contribution in [1.29, 1.82) is 0 Å². The molecule has 0 spiro atoms. The Kier molecular flexibility index (Phi) is 4.12. The smallest absolute Gasteiger partial charge is 0.264 e. The first-order chi connectivity index (χ1) is 10.2. The first-order valence-corrected chi connectivity index (χ1v) is 8.16. The Morgan fingerprint density at radius 1 is 1.48 bits per heavy atom. The maximum atomic E-state index is 12.9. The van der Waals surface area contributed by atoms with Crippen molar-refractivity contribution in [3.63, 3.8) is 0 Å². The van der Waals surface area contributed by atoms with Crippen LogP contribution in [0.15, 0.2) is 29.8 Å². The number of rotatable bonds is 3. The second-order valence-electron chi connectivity index (χ2n) is 5.26. The Morgan fingerprint density at radius 3 is 3.05 bits per heavy atom. The van der Waals surface area contributed by atoms with E-state index in [0.717, 1.165) is 22.6 Å². The van der Waals surface area contributed by atoms with Crippen LogP contribution in [0.3, 0.4) is 0 Å². The molecule has 21 heavy (non-hydrogen) atoms. The van der Waals surface area contributed by atoms with Crippen LogP contribution in [0.25, 0.3) is 0 Å². The van der Waals surface area contributed by atoms with Crippen LogP contribution in [0.1, 0.15) is 33.9 Å². The van der Waals surface area contributed by atoms with Crippen LogP contribution >= 0.6 is 11.3 Å². The number of hydrogen-bond donors (Lipinski definition) is 0. The van der Waals surface area contributed by atoms with Gasteiger partial charge in [-0.25, -0.2) is 0 Å². The summed E-state index contributed by atoms with van der Waals surface area (Å²) in [6.45, 7) is 3.92. The molecule has 0 bridgehead atoms. The van der Waals surface area contributed by atoms with Gasteiger partial charge in [0.15, 0.2) is 0 Å². The molecule has 112 valence electrons. The molecule has 1 aliphatic rings. The molecule has 2 aromatic heterocycles. The predicted octanol–water partition coefficient (Wildman–Crippen LogP) is 2.86. The highest BCUT2D eigenvalue weighted by Gasteiger charge is 2.31. The summed E-state index contributed by atoms with van der Waals surface area (Å²) in [7, 11) is 2.01. The SMILES string of the molecule is CCc1ccsc1C(=O)N1CCOCC1c1cccn1C. The molecular formula is C16H20N2O2S. The van der Waals surface area contributed by atoms with Crippen LogP contribution in [0.5, 0.6) is 0 Å². The first-order valence-electron chi connectivity index (χ1n) is 7.28. The van der Waals surface area contributed by atoms with Gasteiger partial charge in [-0.2, -0.15) is 0 Å². The van der Waals surface area contributed by atoms with Crippen molar-refractivity contribution in [1.82, 2.24) is 9.47 Å². The van der Waals surface area contributed by atoms with E-state index in [2.05, 4.69) is 23.6 Å². The average molecular weight is 304 g/mol. The van der Waals surface area contributed by atoms with E-state index >= 15 is 0 Å². The lowest BCUT2D eigenvalue weighted by Crippen LogP contribution is -2.44. The van der Waals surface area contributed by atoms with Crippen molar-refractivity contribution in [3.8, 4) is 0 Å². The lowest BCUT2D eigenvalue weighted by Gasteiger charge is -2.36. The summed E-state index contributed by atoms with van der Waals surface area (Å²) in [5, 5.41) is 2.00. The van der Waals surface area contributed by atoms with Gasteiger partial charge in [0.2, 0.25) is 0 Å². The molecule has 1 atom stereocenters. The number of thiophene rings is 1. The normalized spacial score (nSPS) is 19.0.